The molecule has 34 heavy (non-hydrogen) atoms. The summed E-state index contributed by atoms with van der Waals surface area (Å²) in [5.41, 5.74) is 1.95. The molecule has 2 fully saturated rings. The number of nitrogens with zero attached hydrogens (tertiary/aromatic N) is 3. The number of amides is 2. The molecule has 2 N–H and O–H groups in total. The summed E-state index contributed by atoms with van der Waals surface area (Å²) in [7, 11) is 0. The number of aromatic nitrogens is 2. The number of carbonyl (C=O) groups is 2. The van der Waals surface area contributed by atoms with Gasteiger partial charge in [0.2, 0.25) is 0 Å². The maximum absolute atomic E-state index is 13.1. The van der Waals surface area contributed by atoms with Crippen molar-refractivity contribution >= 4 is 40.0 Å². The number of aromatic amines is 1. The number of nitrogens with one attached hydrogen (secondary N) is 2. The van der Waals surface area contributed by atoms with Crippen LogP contribution in [-0.4, -0.2) is 72.0 Å². The lowest BCUT2D eigenvalue weighted by molar-refractivity contribution is -0.0245. The van der Waals surface area contributed by atoms with Gasteiger partial charge in [-0.1, -0.05) is 11.6 Å². The van der Waals surface area contributed by atoms with E-state index >= 15 is 0 Å². The standard InChI is InChI=1S/C24H24ClN5O4/c25-19-12-15(11-16-14-26-28-21(16)19)23(32)30-5-3-24(4-6-30)27-22(31)18-13-17(1-2-20(18)34-24)29-7-9-33-10-8-29/h1-2,11-14H,3-10H2,(H,26,28)(H,27,31). The minimum atomic E-state index is -0.812. The Labute approximate surface area is 200 Å². The smallest absolute Gasteiger partial charge is 0.258 e. The van der Waals surface area contributed by atoms with E-state index < -0.39 is 5.72 Å². The molecule has 0 bridgehead atoms. The molecule has 0 atom stereocenters. The maximum Gasteiger partial charge on any atom is 0.258 e. The van der Waals surface area contributed by atoms with Crippen LogP contribution in [0.4, 0.5) is 5.69 Å². The van der Waals surface area contributed by atoms with E-state index in [9.17, 15) is 9.59 Å². The predicted molar refractivity (Wildman–Crippen MR) is 127 cm³/mol. The van der Waals surface area contributed by atoms with Crippen LogP contribution in [-0.2, 0) is 4.74 Å². The number of morpholine rings is 1. The van der Waals surface area contributed by atoms with Gasteiger partial charge in [-0.05, 0) is 30.3 Å². The van der Waals surface area contributed by atoms with Crippen LogP contribution in [0.1, 0.15) is 33.6 Å². The SMILES string of the molecule is O=C1NC2(CCN(C(=O)c3cc(Cl)c4[nH]ncc4c3)CC2)Oc2ccc(N3CCOCC3)cc21. The van der Waals surface area contributed by atoms with E-state index in [1.54, 1.807) is 23.2 Å². The molecule has 1 aromatic heterocycles. The summed E-state index contributed by atoms with van der Waals surface area (Å²) in [5.74, 6) is 0.337. The van der Waals surface area contributed by atoms with Gasteiger partial charge < -0.3 is 24.6 Å². The first-order valence-electron chi connectivity index (χ1n) is 11.4. The van der Waals surface area contributed by atoms with Crippen molar-refractivity contribution in [3.8, 4) is 5.75 Å². The number of benzene rings is 2. The quantitative estimate of drug-likeness (QED) is 0.584. The average molecular weight is 482 g/mol. The Morgan fingerprint density at radius 2 is 1.88 bits per heavy atom. The van der Waals surface area contributed by atoms with Crippen molar-refractivity contribution in [3.63, 3.8) is 0 Å². The lowest BCUT2D eigenvalue weighted by Crippen LogP contribution is -2.61. The van der Waals surface area contributed by atoms with E-state index in [1.165, 1.54) is 0 Å². The van der Waals surface area contributed by atoms with E-state index in [2.05, 4.69) is 20.4 Å². The fraction of sp³-hybridized carbons (Fsp3) is 0.375. The molecule has 0 aliphatic carbocycles. The molecule has 2 saturated heterocycles. The van der Waals surface area contributed by atoms with Crippen LogP contribution < -0.4 is 15.0 Å². The summed E-state index contributed by atoms with van der Waals surface area (Å²) in [6, 6.07) is 9.21. The van der Waals surface area contributed by atoms with Gasteiger partial charge >= 0.3 is 0 Å². The van der Waals surface area contributed by atoms with Crippen LogP contribution in [0.3, 0.4) is 0 Å². The van der Waals surface area contributed by atoms with Gasteiger partial charge in [-0.15, -0.1) is 0 Å². The average Bonchev–Trinajstić information content (AvgIpc) is 3.34. The second-order valence-corrected chi connectivity index (χ2v) is 9.32. The molecule has 0 radical (unpaired) electrons. The molecule has 0 unspecified atom stereocenters. The molecule has 3 aliphatic heterocycles. The van der Waals surface area contributed by atoms with E-state index in [1.807, 2.05) is 18.2 Å². The van der Waals surface area contributed by atoms with Crippen molar-refractivity contribution < 1.29 is 19.1 Å². The van der Waals surface area contributed by atoms with Crippen molar-refractivity contribution in [2.45, 2.75) is 18.6 Å². The number of fused-ring (bicyclic) bond motifs is 2. The highest BCUT2D eigenvalue weighted by molar-refractivity contribution is 6.35. The van der Waals surface area contributed by atoms with E-state index in [0.717, 1.165) is 24.2 Å². The summed E-state index contributed by atoms with van der Waals surface area (Å²) >= 11 is 6.31. The number of halogens is 1. The fourth-order valence-corrected chi connectivity index (χ4v) is 5.20. The Kier molecular flexibility index (Phi) is 5.11. The predicted octanol–water partition coefficient (Wildman–Crippen LogP) is 2.81. The molecule has 2 amide bonds. The highest BCUT2D eigenvalue weighted by Gasteiger charge is 2.43. The van der Waals surface area contributed by atoms with Gasteiger partial charge in [0.15, 0.2) is 5.72 Å². The van der Waals surface area contributed by atoms with E-state index in [0.29, 0.717) is 66.6 Å². The molecule has 1 spiro atoms. The minimum Gasteiger partial charge on any atom is -0.467 e. The van der Waals surface area contributed by atoms with Crippen molar-refractivity contribution in [2.24, 2.45) is 0 Å². The number of ether oxygens (including phenoxy) is 2. The Balaban J connectivity index is 1.17. The topological polar surface area (TPSA) is 99.8 Å². The second kappa shape index (κ2) is 8.18. The van der Waals surface area contributed by atoms with Gasteiger partial charge in [0, 0.05) is 55.7 Å². The Hall–Kier alpha value is -3.30. The van der Waals surface area contributed by atoms with Gasteiger partial charge in [-0.3, -0.25) is 14.7 Å². The molecule has 9 nitrogen and oxygen atoms in total. The van der Waals surface area contributed by atoms with Gasteiger partial charge in [0.25, 0.3) is 11.8 Å². The zero-order valence-corrected chi connectivity index (χ0v) is 19.2. The highest BCUT2D eigenvalue weighted by atomic mass is 35.5. The molecule has 0 saturated carbocycles. The van der Waals surface area contributed by atoms with Crippen LogP contribution in [0.2, 0.25) is 5.02 Å². The molecular formula is C24H24ClN5O4. The van der Waals surface area contributed by atoms with Crippen LogP contribution in [0.25, 0.3) is 10.9 Å². The van der Waals surface area contributed by atoms with E-state index in [-0.39, 0.29) is 11.8 Å². The third kappa shape index (κ3) is 3.65. The maximum atomic E-state index is 13.1. The number of hydrogen-bond donors (Lipinski definition) is 2. The fourth-order valence-electron chi connectivity index (χ4n) is 4.93. The Morgan fingerprint density at radius 3 is 2.68 bits per heavy atom. The Morgan fingerprint density at radius 1 is 1.09 bits per heavy atom. The van der Waals surface area contributed by atoms with Gasteiger partial charge in [-0.25, -0.2) is 0 Å². The van der Waals surface area contributed by atoms with Gasteiger partial charge in [-0.2, -0.15) is 5.10 Å². The second-order valence-electron chi connectivity index (χ2n) is 8.91. The first-order chi connectivity index (χ1) is 16.5. The monoisotopic (exact) mass is 481 g/mol. The number of piperidine rings is 1. The molecule has 10 heteroatoms. The minimum absolute atomic E-state index is 0.0995. The van der Waals surface area contributed by atoms with Crippen LogP contribution in [0.15, 0.2) is 36.5 Å². The molecule has 4 heterocycles. The van der Waals surface area contributed by atoms with Crippen molar-refractivity contribution in [3.05, 3.63) is 52.7 Å². The number of H-pyrrole nitrogens is 1. The summed E-state index contributed by atoms with van der Waals surface area (Å²) < 4.78 is 11.7. The first-order valence-corrected chi connectivity index (χ1v) is 11.8. The largest absolute Gasteiger partial charge is 0.467 e. The Bertz CT molecular complexity index is 1280. The lowest BCUT2D eigenvalue weighted by atomic mass is 9.96. The lowest BCUT2D eigenvalue weighted by Gasteiger charge is -2.44. The number of anilines is 1. The van der Waals surface area contributed by atoms with Gasteiger partial charge in [0.05, 0.1) is 35.5 Å². The van der Waals surface area contributed by atoms with Crippen molar-refractivity contribution in [1.29, 1.82) is 0 Å². The summed E-state index contributed by atoms with van der Waals surface area (Å²) in [4.78, 5) is 30.1. The summed E-state index contributed by atoms with van der Waals surface area (Å²) in [6.45, 7) is 3.88. The summed E-state index contributed by atoms with van der Waals surface area (Å²) in [6.07, 6.45) is 2.64. The molecular weight excluding hydrogens is 458 g/mol. The van der Waals surface area contributed by atoms with Crippen LogP contribution in [0, 0.1) is 0 Å². The zero-order valence-electron chi connectivity index (χ0n) is 18.5. The van der Waals surface area contributed by atoms with Gasteiger partial charge in [0.1, 0.15) is 5.75 Å². The molecule has 3 aromatic rings. The molecule has 6 rings (SSSR count). The third-order valence-electron chi connectivity index (χ3n) is 6.84. The van der Waals surface area contributed by atoms with Crippen molar-refractivity contribution in [2.75, 3.05) is 44.3 Å². The van der Waals surface area contributed by atoms with Crippen molar-refractivity contribution in [1.82, 2.24) is 20.4 Å². The highest BCUT2D eigenvalue weighted by Crippen LogP contribution is 2.36. The number of likely N-dealkylation sites (tertiary alicyclic amines) is 1. The zero-order chi connectivity index (χ0) is 23.3. The number of carbonyl (C=O) groups excluding carboxylic acids is 2. The van der Waals surface area contributed by atoms with Crippen LogP contribution >= 0.6 is 11.6 Å². The number of rotatable bonds is 2. The van der Waals surface area contributed by atoms with E-state index in [4.69, 9.17) is 21.1 Å². The normalized spacial score (nSPS) is 19.6. The summed E-state index contributed by atoms with van der Waals surface area (Å²) in [5, 5.41) is 11.1. The molecule has 3 aliphatic rings. The first kappa shape index (κ1) is 21.2. The molecule has 2 aromatic carbocycles. The number of hydrogen-bond acceptors (Lipinski definition) is 6. The third-order valence-corrected chi connectivity index (χ3v) is 7.13. The molecule has 176 valence electrons. The van der Waals surface area contributed by atoms with Crippen LogP contribution in [0.5, 0.6) is 5.75 Å².